The Labute approximate surface area is 131 Å². The summed E-state index contributed by atoms with van der Waals surface area (Å²) in [5.41, 5.74) is 0.722. The summed E-state index contributed by atoms with van der Waals surface area (Å²) < 4.78 is 1.73. The monoisotopic (exact) mass is 300 g/mol. The number of benzene rings is 1. The van der Waals surface area contributed by atoms with Gasteiger partial charge in [0.2, 0.25) is 5.95 Å². The molecule has 2 aromatic rings. The number of para-hydroxylation sites is 1. The molecule has 0 saturated carbocycles. The van der Waals surface area contributed by atoms with Crippen LogP contribution in [0.3, 0.4) is 0 Å². The molecule has 0 aliphatic rings. The lowest BCUT2D eigenvalue weighted by Crippen LogP contribution is -2.28. The first-order valence-corrected chi connectivity index (χ1v) is 7.94. The number of nitrogens with zero attached hydrogens (tertiary/aromatic N) is 4. The highest BCUT2D eigenvalue weighted by Gasteiger charge is 2.13. The van der Waals surface area contributed by atoms with Crippen molar-refractivity contribution in [1.29, 1.82) is 0 Å². The summed E-state index contributed by atoms with van der Waals surface area (Å²) in [6.07, 6.45) is 5.80. The molecule has 22 heavy (non-hydrogen) atoms. The maximum Gasteiger partial charge on any atom is 0.262 e. The predicted octanol–water partition coefficient (Wildman–Crippen LogP) is 3.42. The fraction of sp³-hybridized carbons (Fsp3) is 0.471. The van der Waals surface area contributed by atoms with Gasteiger partial charge in [0.1, 0.15) is 0 Å². The van der Waals surface area contributed by atoms with Gasteiger partial charge >= 0.3 is 0 Å². The Morgan fingerprint density at radius 3 is 2.77 bits per heavy atom. The summed E-state index contributed by atoms with van der Waals surface area (Å²) >= 11 is 0. The van der Waals surface area contributed by atoms with Crippen LogP contribution < -0.4 is 10.6 Å². The van der Waals surface area contributed by atoms with Crippen molar-refractivity contribution in [3.63, 3.8) is 0 Å². The van der Waals surface area contributed by atoms with Crippen molar-refractivity contribution < 1.29 is 0 Å². The molecule has 0 fully saturated rings. The second-order valence-electron chi connectivity index (χ2n) is 5.35. The van der Waals surface area contributed by atoms with Crippen LogP contribution in [0.2, 0.25) is 0 Å². The maximum absolute atomic E-state index is 12.7. The van der Waals surface area contributed by atoms with E-state index in [0.29, 0.717) is 23.4 Å². The van der Waals surface area contributed by atoms with Gasteiger partial charge in [0.15, 0.2) is 0 Å². The van der Waals surface area contributed by atoms with Crippen LogP contribution in [0.15, 0.2) is 34.2 Å². The van der Waals surface area contributed by atoms with E-state index in [4.69, 9.17) is 0 Å². The normalized spacial score (nSPS) is 11.4. The largest absolute Gasteiger partial charge is 0.277 e. The van der Waals surface area contributed by atoms with Crippen molar-refractivity contribution in [3.8, 4) is 0 Å². The van der Waals surface area contributed by atoms with E-state index in [-0.39, 0.29) is 5.56 Å². The minimum absolute atomic E-state index is 0.00610. The van der Waals surface area contributed by atoms with Crippen molar-refractivity contribution in [2.24, 2.45) is 5.10 Å². The van der Waals surface area contributed by atoms with E-state index >= 15 is 0 Å². The van der Waals surface area contributed by atoms with Crippen LogP contribution in [0, 0.1) is 0 Å². The lowest BCUT2D eigenvalue weighted by atomic mass is 10.2. The quantitative estimate of drug-likeness (QED) is 0.581. The Balaban J connectivity index is 2.51. The molecule has 0 N–H and O–H groups in total. The number of hydrogen-bond acceptors (Lipinski definition) is 4. The van der Waals surface area contributed by atoms with Gasteiger partial charge in [-0.05, 0) is 25.0 Å². The minimum atomic E-state index is 0.00610. The van der Waals surface area contributed by atoms with Gasteiger partial charge in [0, 0.05) is 19.8 Å². The van der Waals surface area contributed by atoms with Crippen molar-refractivity contribution in [3.05, 3.63) is 34.6 Å². The number of aromatic nitrogens is 2. The molecule has 0 bridgehead atoms. The fourth-order valence-electron chi connectivity index (χ4n) is 2.28. The second-order valence-corrected chi connectivity index (χ2v) is 5.35. The number of unbranched alkanes of at least 4 members (excludes halogenated alkanes) is 2. The third kappa shape index (κ3) is 3.53. The van der Waals surface area contributed by atoms with Gasteiger partial charge in [-0.1, -0.05) is 38.8 Å². The maximum atomic E-state index is 12.7. The van der Waals surface area contributed by atoms with E-state index in [0.717, 1.165) is 25.7 Å². The van der Waals surface area contributed by atoms with E-state index in [9.17, 15) is 4.79 Å². The van der Waals surface area contributed by atoms with Crippen LogP contribution >= 0.6 is 0 Å². The lowest BCUT2D eigenvalue weighted by molar-refractivity contribution is 0.602. The zero-order valence-corrected chi connectivity index (χ0v) is 13.6. The standard InChI is InChI=1S/C17H24N4O/c1-4-6-12-18-20(3)17-19-15-11-9-8-10-14(15)16(22)21(17)13-7-5-2/h8-12H,4-7,13H2,1-3H3/b18-12+. The molecule has 0 amide bonds. The molecule has 5 heteroatoms. The van der Waals surface area contributed by atoms with Gasteiger partial charge in [0.25, 0.3) is 5.56 Å². The SMILES string of the molecule is CCC/C=N/N(C)c1nc2ccccc2c(=O)n1CCCC. The van der Waals surface area contributed by atoms with E-state index in [1.54, 1.807) is 9.58 Å². The van der Waals surface area contributed by atoms with Crippen LogP contribution in [-0.4, -0.2) is 22.8 Å². The van der Waals surface area contributed by atoms with Crippen LogP contribution in [0.4, 0.5) is 5.95 Å². The Bertz CT molecular complexity index is 705. The molecule has 5 nitrogen and oxygen atoms in total. The first kappa shape index (κ1) is 16.2. The number of rotatable bonds is 7. The average molecular weight is 300 g/mol. The van der Waals surface area contributed by atoms with Gasteiger partial charge in [-0.25, -0.2) is 9.99 Å². The lowest BCUT2D eigenvalue weighted by Gasteiger charge is -2.18. The highest BCUT2D eigenvalue weighted by atomic mass is 16.1. The molecule has 2 rings (SSSR count). The average Bonchev–Trinajstić information content (AvgIpc) is 2.54. The van der Waals surface area contributed by atoms with Gasteiger partial charge < -0.3 is 0 Å². The third-order valence-corrected chi connectivity index (χ3v) is 3.54. The minimum Gasteiger partial charge on any atom is -0.277 e. The smallest absolute Gasteiger partial charge is 0.262 e. The Hall–Kier alpha value is -2.17. The van der Waals surface area contributed by atoms with Gasteiger partial charge in [-0.2, -0.15) is 5.10 Å². The molecule has 0 unspecified atom stereocenters. The summed E-state index contributed by atoms with van der Waals surface area (Å²) in [5.74, 6) is 0.601. The topological polar surface area (TPSA) is 50.5 Å². The zero-order chi connectivity index (χ0) is 15.9. The van der Waals surface area contributed by atoms with Gasteiger partial charge in [0.05, 0.1) is 10.9 Å². The number of anilines is 1. The first-order chi connectivity index (χ1) is 10.7. The molecule has 0 radical (unpaired) electrons. The fourth-order valence-corrected chi connectivity index (χ4v) is 2.28. The molecule has 0 aliphatic carbocycles. The third-order valence-electron chi connectivity index (χ3n) is 3.54. The van der Waals surface area contributed by atoms with Gasteiger partial charge in [-0.15, -0.1) is 0 Å². The Kier molecular flexibility index (Phi) is 5.69. The molecule has 0 atom stereocenters. The second kappa shape index (κ2) is 7.73. The van der Waals surface area contributed by atoms with Crippen LogP contribution in [0.25, 0.3) is 10.9 Å². The van der Waals surface area contributed by atoms with Crippen molar-refractivity contribution in [2.45, 2.75) is 46.1 Å². The molecule has 0 aliphatic heterocycles. The summed E-state index contributed by atoms with van der Waals surface area (Å²) in [7, 11) is 1.84. The number of fused-ring (bicyclic) bond motifs is 1. The number of hydrogen-bond donors (Lipinski definition) is 0. The molecule has 1 aromatic carbocycles. The molecule has 1 aromatic heterocycles. The van der Waals surface area contributed by atoms with Crippen LogP contribution in [0.5, 0.6) is 0 Å². The van der Waals surface area contributed by atoms with E-state index < -0.39 is 0 Å². The van der Waals surface area contributed by atoms with Crippen molar-refractivity contribution in [2.75, 3.05) is 12.1 Å². The Morgan fingerprint density at radius 1 is 1.27 bits per heavy atom. The Morgan fingerprint density at radius 2 is 2.05 bits per heavy atom. The molecular weight excluding hydrogens is 276 g/mol. The van der Waals surface area contributed by atoms with E-state index in [2.05, 4.69) is 23.9 Å². The molecular formula is C17H24N4O. The molecule has 118 valence electrons. The predicted molar refractivity (Wildman–Crippen MR) is 92.7 cm³/mol. The van der Waals surface area contributed by atoms with E-state index in [1.807, 2.05) is 37.5 Å². The van der Waals surface area contributed by atoms with E-state index in [1.165, 1.54) is 0 Å². The summed E-state index contributed by atoms with van der Waals surface area (Å²) in [6.45, 7) is 4.88. The summed E-state index contributed by atoms with van der Waals surface area (Å²) in [6, 6.07) is 7.47. The number of hydrazone groups is 1. The summed E-state index contributed by atoms with van der Waals surface area (Å²) in [5, 5.41) is 6.74. The molecule has 0 spiro atoms. The van der Waals surface area contributed by atoms with Gasteiger partial charge in [-0.3, -0.25) is 9.36 Å². The molecule has 0 saturated heterocycles. The van der Waals surface area contributed by atoms with Crippen molar-refractivity contribution >= 4 is 23.1 Å². The summed E-state index contributed by atoms with van der Waals surface area (Å²) in [4.78, 5) is 17.4. The zero-order valence-electron chi connectivity index (χ0n) is 13.6. The van der Waals surface area contributed by atoms with Crippen LogP contribution in [0.1, 0.15) is 39.5 Å². The highest BCUT2D eigenvalue weighted by molar-refractivity contribution is 5.78. The highest BCUT2D eigenvalue weighted by Crippen LogP contribution is 2.15. The van der Waals surface area contributed by atoms with Crippen LogP contribution in [-0.2, 0) is 6.54 Å². The first-order valence-electron chi connectivity index (χ1n) is 7.94. The van der Waals surface area contributed by atoms with Crippen molar-refractivity contribution in [1.82, 2.24) is 9.55 Å². The molecule has 1 heterocycles.